The average Bonchev–Trinajstić information content (AvgIpc) is 2.64. The summed E-state index contributed by atoms with van der Waals surface area (Å²) < 4.78 is 16.1. The monoisotopic (exact) mass is 386 g/mol. The van der Waals surface area contributed by atoms with E-state index in [1.54, 1.807) is 14.1 Å². The molecule has 2 N–H and O–H groups in total. The molecule has 1 amide bonds. The molecule has 138 valence electrons. The molecule has 0 fully saturated rings. The summed E-state index contributed by atoms with van der Waals surface area (Å²) in [5, 5.41) is 18.2. The van der Waals surface area contributed by atoms with E-state index in [-0.39, 0.29) is 17.6 Å². The zero-order valence-electron chi connectivity index (χ0n) is 14.5. The predicted octanol–water partition coefficient (Wildman–Crippen LogP) is -0.512. The molecule has 0 bridgehead atoms. The lowest BCUT2D eigenvalue weighted by Gasteiger charge is -2.10. The quantitative estimate of drug-likeness (QED) is 0.162. The van der Waals surface area contributed by atoms with E-state index < -0.39 is 23.6 Å². The van der Waals surface area contributed by atoms with E-state index in [0.717, 1.165) is 6.20 Å². The number of benzene rings is 1. The fourth-order valence-corrected chi connectivity index (χ4v) is 1.83. The first-order valence-corrected chi connectivity index (χ1v) is 8.35. The van der Waals surface area contributed by atoms with Crippen LogP contribution in [0.4, 0.5) is 0 Å². The van der Waals surface area contributed by atoms with E-state index in [1.165, 1.54) is 22.5 Å². The van der Waals surface area contributed by atoms with Gasteiger partial charge >= 0.3 is 0 Å². The van der Waals surface area contributed by atoms with Crippen LogP contribution in [-0.2, 0) is 27.7 Å². The van der Waals surface area contributed by atoms with E-state index in [9.17, 15) is 14.5 Å². The molecule has 0 saturated carbocycles. The number of carbonyl (C=O) groups excluding carboxylic acids is 1. The molecule has 2 radical (unpaired) electrons. The molecule has 0 aromatic heterocycles. The zero-order valence-corrected chi connectivity index (χ0v) is 15.3. The van der Waals surface area contributed by atoms with Gasteiger partial charge in [-0.25, -0.2) is 4.89 Å². The van der Waals surface area contributed by atoms with Crippen LogP contribution in [0.5, 0.6) is 5.75 Å². The third-order valence-electron chi connectivity index (χ3n) is 2.83. The van der Waals surface area contributed by atoms with Gasteiger partial charge in [0.1, 0.15) is 13.6 Å². The number of nitrogens with zero attached hydrogens (tertiary/aromatic N) is 4. The highest BCUT2D eigenvalue weighted by atomic mass is 32.2. The predicted molar refractivity (Wildman–Crippen MR) is 102 cm³/mol. The maximum absolute atomic E-state index is 11.8. The van der Waals surface area contributed by atoms with Gasteiger partial charge < -0.3 is 9.66 Å². The van der Waals surface area contributed by atoms with Crippen molar-refractivity contribution in [3.63, 3.8) is 0 Å². The fraction of sp³-hybridized carbons (Fsp3) is 0.250. The molecule has 0 aliphatic rings. The normalized spacial score (nSPS) is 11.9. The molecule has 2 atom stereocenters. The minimum Gasteiger partial charge on any atom is -0.571 e. The number of phenols is 1. The number of aliphatic imine (C=N–C) groups is 2. The summed E-state index contributed by atoms with van der Waals surface area (Å²) in [6.07, 6.45) is -0.209. The van der Waals surface area contributed by atoms with Gasteiger partial charge in [0, 0.05) is 24.9 Å². The van der Waals surface area contributed by atoms with Crippen LogP contribution in [0.15, 0.2) is 44.5 Å². The van der Waals surface area contributed by atoms with Crippen LogP contribution in [-0.4, -0.2) is 70.8 Å². The molecule has 9 nitrogen and oxygen atoms in total. The average molecular weight is 386 g/mol. The van der Waals surface area contributed by atoms with Crippen LogP contribution in [0.3, 0.4) is 0 Å². The molecule has 0 saturated heterocycles. The number of phenolic OH excluding ortho intramolecular Hbond substituents is 1. The smallest absolute Gasteiger partial charge is 0.287 e. The third-order valence-corrected chi connectivity index (χ3v) is 3.70. The minimum atomic E-state index is -1.55. The van der Waals surface area contributed by atoms with Gasteiger partial charge in [-0.3, -0.25) is 10.1 Å². The Hall–Kier alpha value is -2.67. The Labute approximate surface area is 160 Å². The van der Waals surface area contributed by atoms with Gasteiger partial charge in [0.25, 0.3) is 5.91 Å². The van der Waals surface area contributed by atoms with Gasteiger partial charge in [0.15, 0.2) is 6.10 Å². The zero-order chi connectivity index (χ0) is 20.2. The van der Waals surface area contributed by atoms with Gasteiger partial charge in [0.05, 0.1) is 23.8 Å². The Morgan fingerprint density at radius 1 is 1.44 bits per heavy atom. The van der Waals surface area contributed by atoms with Crippen molar-refractivity contribution < 1.29 is 24.6 Å². The molecule has 0 heterocycles. The third kappa shape index (κ3) is 8.51. The van der Waals surface area contributed by atoms with Crippen LogP contribution < -0.4 is 5.46 Å². The topological polar surface area (TPSA) is 130 Å². The number of rotatable bonds is 7. The first kappa shape index (κ1) is 22.4. The number of carbonyl (C=O) groups is 1. The second-order valence-corrected chi connectivity index (χ2v) is 6.39. The summed E-state index contributed by atoms with van der Waals surface area (Å²) in [5.41, 5.74) is 3.06. The van der Waals surface area contributed by atoms with Crippen molar-refractivity contribution in [2.75, 3.05) is 14.1 Å². The van der Waals surface area contributed by atoms with Gasteiger partial charge in [-0.15, -0.1) is 4.31 Å². The van der Waals surface area contributed by atoms with Gasteiger partial charge in [-0.1, -0.05) is 17.6 Å². The van der Waals surface area contributed by atoms with Crippen LogP contribution in [0, 0.1) is 0 Å². The molecule has 27 heavy (non-hydrogen) atoms. The van der Waals surface area contributed by atoms with Crippen LogP contribution in [0.25, 0.3) is 0 Å². The Balaban J connectivity index is 2.74. The highest BCUT2D eigenvalue weighted by molar-refractivity contribution is 7.87. The van der Waals surface area contributed by atoms with Gasteiger partial charge in [-0.2, -0.15) is 9.98 Å². The van der Waals surface area contributed by atoms with Crippen molar-refractivity contribution in [2.24, 2.45) is 14.4 Å². The van der Waals surface area contributed by atoms with Crippen LogP contribution in [0.2, 0.25) is 0 Å². The van der Waals surface area contributed by atoms with Crippen LogP contribution in [0.1, 0.15) is 5.56 Å². The number of amides is 1. The van der Waals surface area contributed by atoms with E-state index >= 15 is 0 Å². The first-order chi connectivity index (χ1) is 12.8. The SMILES string of the molecule is [B]c1cc(C[C@@H](OO)C(=O)N=C=C=NC=C=C=N[S+]([O-])N(C)C)ccc1O. The van der Waals surface area contributed by atoms with Crippen molar-refractivity contribution >= 4 is 48.4 Å². The molecule has 1 rings (SSSR count). The second kappa shape index (κ2) is 11.9. The molecular formula is C16H15BN4O5S. The summed E-state index contributed by atoms with van der Waals surface area (Å²) >= 11 is -1.55. The highest BCUT2D eigenvalue weighted by Gasteiger charge is 2.19. The Morgan fingerprint density at radius 2 is 2.19 bits per heavy atom. The first-order valence-electron chi connectivity index (χ1n) is 7.29. The second-order valence-electron chi connectivity index (χ2n) is 5.01. The highest BCUT2D eigenvalue weighted by Crippen LogP contribution is 2.10. The molecule has 1 unspecified atom stereocenters. The van der Waals surface area contributed by atoms with E-state index in [1.807, 2.05) is 0 Å². The lowest BCUT2D eigenvalue weighted by atomic mass is 9.92. The van der Waals surface area contributed by atoms with Crippen LogP contribution >= 0.6 is 0 Å². The summed E-state index contributed by atoms with van der Waals surface area (Å²) in [6, 6.07) is 4.32. The van der Waals surface area contributed by atoms with Gasteiger partial charge in [-0.05, 0) is 17.4 Å². The molecule has 0 aliphatic carbocycles. The number of hydrogen-bond donors (Lipinski definition) is 2. The van der Waals surface area contributed by atoms with Crippen molar-refractivity contribution in [2.45, 2.75) is 12.5 Å². The lowest BCUT2D eigenvalue weighted by molar-refractivity contribution is -0.270. The van der Waals surface area contributed by atoms with Crippen molar-refractivity contribution in [3.05, 3.63) is 35.7 Å². The fourth-order valence-electron chi connectivity index (χ4n) is 1.54. The number of aromatic hydroxyl groups is 1. The van der Waals surface area contributed by atoms with E-state index in [2.05, 4.69) is 42.6 Å². The largest absolute Gasteiger partial charge is 0.571 e. The van der Waals surface area contributed by atoms with Crippen molar-refractivity contribution in [1.82, 2.24) is 4.31 Å². The minimum absolute atomic E-state index is 0.0236. The van der Waals surface area contributed by atoms with Crippen molar-refractivity contribution in [3.8, 4) is 5.75 Å². The summed E-state index contributed by atoms with van der Waals surface area (Å²) in [5.74, 6) is 5.68. The summed E-state index contributed by atoms with van der Waals surface area (Å²) in [7, 11) is 8.72. The maximum Gasteiger partial charge on any atom is 0.287 e. The number of hydrogen-bond acceptors (Lipinski definition) is 8. The molecule has 0 spiro atoms. The molecule has 1 aromatic rings. The standard InChI is InChI=1S/C16H15BN4O5S/c1-21(2)27(25)20-7-3-6-18-8-9-19-16(23)15(26-24)11-12-4-5-14(22)13(17)10-12/h4-6,10,15,22,24H,11H2,1-2H3/t15-,27?/m1/s1. The lowest BCUT2D eigenvalue weighted by Crippen LogP contribution is -2.24. The summed E-state index contributed by atoms with van der Waals surface area (Å²) in [4.78, 5) is 22.9. The Kier molecular flexibility index (Phi) is 9.83. The molecule has 11 heteroatoms. The molecular weight excluding hydrogens is 371 g/mol. The Morgan fingerprint density at radius 3 is 2.81 bits per heavy atom. The molecule has 1 aromatic carbocycles. The molecule has 0 aliphatic heterocycles. The van der Waals surface area contributed by atoms with E-state index in [4.69, 9.17) is 13.1 Å². The van der Waals surface area contributed by atoms with Crippen molar-refractivity contribution in [1.29, 1.82) is 0 Å². The Bertz CT molecular complexity index is 866. The van der Waals surface area contributed by atoms with Gasteiger partial charge in [0.2, 0.25) is 11.5 Å². The summed E-state index contributed by atoms with van der Waals surface area (Å²) in [6.45, 7) is 0. The van der Waals surface area contributed by atoms with E-state index in [0.29, 0.717) is 5.56 Å². The maximum atomic E-state index is 11.8.